The van der Waals surface area contributed by atoms with E-state index >= 15 is 0 Å². The van der Waals surface area contributed by atoms with Crippen LogP contribution in [0.2, 0.25) is 0 Å². The van der Waals surface area contributed by atoms with E-state index in [0.717, 1.165) is 13.0 Å². The van der Waals surface area contributed by atoms with Gasteiger partial charge in [-0.15, -0.1) is 0 Å². The Kier molecular flexibility index (Phi) is 4.71. The Balaban J connectivity index is 2.20. The number of carbonyl (C=O) groups is 2. The summed E-state index contributed by atoms with van der Waals surface area (Å²) in [6, 6.07) is -0.588. The van der Waals surface area contributed by atoms with E-state index in [9.17, 15) is 9.59 Å². The Morgan fingerprint density at radius 2 is 1.80 bits per heavy atom. The van der Waals surface area contributed by atoms with E-state index in [1.165, 1.54) is 25.7 Å². The molecule has 1 N–H and O–H groups in total. The molecule has 1 aliphatic carbocycles. The van der Waals surface area contributed by atoms with Crippen LogP contribution in [-0.2, 0) is 9.59 Å². The molecule has 0 aromatic rings. The van der Waals surface area contributed by atoms with Crippen molar-refractivity contribution >= 4 is 11.8 Å². The lowest BCUT2D eigenvalue weighted by atomic mass is 9.82. The van der Waals surface area contributed by atoms with Gasteiger partial charge in [-0.1, -0.05) is 33.6 Å². The van der Waals surface area contributed by atoms with Crippen LogP contribution in [0.4, 0.5) is 0 Å². The first-order chi connectivity index (χ1) is 9.56. The zero-order chi connectivity index (χ0) is 14.8. The minimum atomic E-state index is -0.319. The molecule has 2 amide bonds. The highest BCUT2D eigenvalue weighted by Gasteiger charge is 2.43. The van der Waals surface area contributed by atoms with Gasteiger partial charge in [-0.25, -0.2) is 0 Å². The summed E-state index contributed by atoms with van der Waals surface area (Å²) in [6.45, 7) is 6.94. The zero-order valence-corrected chi connectivity index (χ0v) is 13.1. The molecule has 1 heterocycles. The second kappa shape index (κ2) is 6.15. The molecule has 0 aromatic carbocycles. The third-order valence-electron chi connectivity index (χ3n) is 5.29. The van der Waals surface area contributed by atoms with Crippen molar-refractivity contribution in [1.29, 1.82) is 0 Å². The van der Waals surface area contributed by atoms with Crippen LogP contribution in [0, 0.1) is 5.41 Å². The molecule has 2 fully saturated rings. The fourth-order valence-electron chi connectivity index (χ4n) is 3.81. The smallest absolute Gasteiger partial charge is 0.245 e. The van der Waals surface area contributed by atoms with Gasteiger partial charge in [0.1, 0.15) is 12.1 Å². The van der Waals surface area contributed by atoms with E-state index in [0.29, 0.717) is 12.8 Å². The molecule has 2 rings (SSSR count). The number of hydrogen-bond acceptors (Lipinski definition) is 2. The van der Waals surface area contributed by atoms with Crippen LogP contribution in [-0.4, -0.2) is 35.3 Å². The highest BCUT2D eigenvalue weighted by atomic mass is 16.2. The number of hydrogen-bond donors (Lipinski definition) is 1. The van der Waals surface area contributed by atoms with E-state index in [1.54, 1.807) is 0 Å². The van der Waals surface area contributed by atoms with Gasteiger partial charge < -0.3 is 10.2 Å². The standard InChI is InChI=1S/C16H28N2O2/c1-4-12-15(20)18(13(5-2)14(19)17-12)11-16(6-3)9-7-8-10-16/h12-13H,4-11H2,1-3H3,(H,17,19). The molecule has 1 saturated heterocycles. The summed E-state index contributed by atoms with van der Waals surface area (Å²) < 4.78 is 0. The fraction of sp³-hybridized carbons (Fsp3) is 0.875. The highest BCUT2D eigenvalue weighted by molar-refractivity contribution is 5.96. The summed E-state index contributed by atoms with van der Waals surface area (Å²) >= 11 is 0. The number of nitrogens with one attached hydrogen (secondary N) is 1. The first-order valence-corrected chi connectivity index (χ1v) is 8.17. The Morgan fingerprint density at radius 1 is 1.15 bits per heavy atom. The molecule has 0 bridgehead atoms. The molecule has 0 spiro atoms. The second-order valence-corrected chi connectivity index (χ2v) is 6.42. The second-order valence-electron chi connectivity index (χ2n) is 6.42. The van der Waals surface area contributed by atoms with Crippen LogP contribution in [0.15, 0.2) is 0 Å². The third kappa shape index (κ3) is 2.70. The maximum atomic E-state index is 12.6. The lowest BCUT2D eigenvalue weighted by Crippen LogP contribution is -2.64. The number of piperazine rings is 1. The molecule has 4 heteroatoms. The van der Waals surface area contributed by atoms with Crippen LogP contribution >= 0.6 is 0 Å². The molecule has 1 aliphatic heterocycles. The van der Waals surface area contributed by atoms with Crippen molar-refractivity contribution in [2.75, 3.05) is 6.54 Å². The van der Waals surface area contributed by atoms with Crippen molar-refractivity contribution in [1.82, 2.24) is 10.2 Å². The van der Waals surface area contributed by atoms with Crippen molar-refractivity contribution in [3.8, 4) is 0 Å². The molecule has 1 saturated carbocycles. The summed E-state index contributed by atoms with van der Waals surface area (Å²) in [5, 5.41) is 2.87. The summed E-state index contributed by atoms with van der Waals surface area (Å²) in [4.78, 5) is 26.7. The largest absolute Gasteiger partial charge is 0.343 e. The molecule has 0 aromatic heterocycles. The van der Waals surface area contributed by atoms with E-state index in [-0.39, 0.29) is 29.3 Å². The maximum absolute atomic E-state index is 12.6. The van der Waals surface area contributed by atoms with Crippen LogP contribution in [0.5, 0.6) is 0 Å². The van der Waals surface area contributed by atoms with Gasteiger partial charge in [0.2, 0.25) is 11.8 Å². The summed E-state index contributed by atoms with van der Waals surface area (Å²) in [7, 11) is 0. The van der Waals surface area contributed by atoms with Crippen LogP contribution in [0.3, 0.4) is 0 Å². The lowest BCUT2D eigenvalue weighted by molar-refractivity contribution is -0.151. The first-order valence-electron chi connectivity index (χ1n) is 8.17. The Bertz CT molecular complexity index is 375. The summed E-state index contributed by atoms with van der Waals surface area (Å²) in [6.07, 6.45) is 7.40. The van der Waals surface area contributed by atoms with Gasteiger partial charge in [-0.3, -0.25) is 9.59 Å². The Labute approximate surface area is 122 Å². The van der Waals surface area contributed by atoms with Gasteiger partial charge in [-0.2, -0.15) is 0 Å². The van der Waals surface area contributed by atoms with Crippen molar-refractivity contribution in [2.24, 2.45) is 5.41 Å². The molecule has 0 radical (unpaired) electrons. The topological polar surface area (TPSA) is 49.4 Å². The number of rotatable bonds is 5. The van der Waals surface area contributed by atoms with E-state index in [4.69, 9.17) is 0 Å². The summed E-state index contributed by atoms with van der Waals surface area (Å²) in [5.41, 5.74) is 0.249. The van der Waals surface area contributed by atoms with Crippen molar-refractivity contribution in [3.05, 3.63) is 0 Å². The normalized spacial score (nSPS) is 29.6. The molecule has 4 nitrogen and oxygen atoms in total. The molecule has 2 aliphatic rings. The highest BCUT2D eigenvalue weighted by Crippen LogP contribution is 2.42. The molecule has 2 atom stereocenters. The van der Waals surface area contributed by atoms with Gasteiger partial charge in [0, 0.05) is 6.54 Å². The van der Waals surface area contributed by atoms with E-state index < -0.39 is 0 Å². The fourth-order valence-corrected chi connectivity index (χ4v) is 3.81. The first kappa shape index (κ1) is 15.3. The summed E-state index contributed by atoms with van der Waals surface area (Å²) in [5.74, 6) is 0.155. The molecule has 114 valence electrons. The average Bonchev–Trinajstić information content (AvgIpc) is 2.92. The average molecular weight is 280 g/mol. The zero-order valence-electron chi connectivity index (χ0n) is 13.1. The van der Waals surface area contributed by atoms with Crippen LogP contribution < -0.4 is 5.32 Å². The van der Waals surface area contributed by atoms with Crippen LogP contribution in [0.1, 0.15) is 65.7 Å². The minimum absolute atomic E-state index is 0.0307. The number of amides is 2. The quantitative estimate of drug-likeness (QED) is 0.841. The number of carbonyl (C=O) groups excluding carboxylic acids is 2. The predicted molar refractivity (Wildman–Crippen MR) is 79.2 cm³/mol. The van der Waals surface area contributed by atoms with Gasteiger partial charge in [0.15, 0.2) is 0 Å². The van der Waals surface area contributed by atoms with Gasteiger partial charge in [-0.05, 0) is 37.5 Å². The van der Waals surface area contributed by atoms with E-state index in [1.807, 2.05) is 18.7 Å². The Hall–Kier alpha value is -1.06. The SMILES string of the molecule is CCC1NC(=O)C(CC)N(CC2(CC)CCCC2)C1=O. The van der Waals surface area contributed by atoms with Crippen molar-refractivity contribution in [3.63, 3.8) is 0 Å². The minimum Gasteiger partial charge on any atom is -0.343 e. The predicted octanol–water partition coefficient (Wildman–Crippen LogP) is 2.47. The van der Waals surface area contributed by atoms with Gasteiger partial charge >= 0.3 is 0 Å². The number of nitrogens with zero attached hydrogens (tertiary/aromatic N) is 1. The molecular formula is C16H28N2O2. The van der Waals surface area contributed by atoms with Gasteiger partial charge in [0.05, 0.1) is 0 Å². The molecule has 2 unspecified atom stereocenters. The Morgan fingerprint density at radius 3 is 2.30 bits per heavy atom. The van der Waals surface area contributed by atoms with Crippen LogP contribution in [0.25, 0.3) is 0 Å². The van der Waals surface area contributed by atoms with E-state index in [2.05, 4.69) is 12.2 Å². The lowest BCUT2D eigenvalue weighted by Gasteiger charge is -2.43. The van der Waals surface area contributed by atoms with Crippen molar-refractivity contribution < 1.29 is 9.59 Å². The maximum Gasteiger partial charge on any atom is 0.245 e. The molecule has 20 heavy (non-hydrogen) atoms. The molecular weight excluding hydrogens is 252 g/mol. The monoisotopic (exact) mass is 280 g/mol. The van der Waals surface area contributed by atoms with Crippen molar-refractivity contribution in [2.45, 2.75) is 77.8 Å². The third-order valence-corrected chi connectivity index (χ3v) is 5.29. The van der Waals surface area contributed by atoms with Gasteiger partial charge in [0.25, 0.3) is 0 Å².